The largest absolute Gasteiger partial charge is 0.393 e. The van der Waals surface area contributed by atoms with E-state index in [0.29, 0.717) is 11.0 Å². The molecule has 0 fully saturated rings. The molecule has 0 radical (unpaired) electrons. The molecule has 0 amide bonds. The second-order valence-electron chi connectivity index (χ2n) is 9.43. The van der Waals surface area contributed by atoms with Crippen LogP contribution in [-0.2, 0) is 12.3 Å². The third kappa shape index (κ3) is 5.03. The third-order valence-corrected chi connectivity index (χ3v) is 6.39. The number of hydrogen-bond acceptors (Lipinski definition) is 2. The molecule has 0 atom stereocenters. The van der Waals surface area contributed by atoms with Gasteiger partial charge < -0.3 is 0 Å². The van der Waals surface area contributed by atoms with Crippen molar-refractivity contribution in [1.29, 1.82) is 0 Å². The number of rotatable bonds is 4. The lowest BCUT2D eigenvalue weighted by Crippen LogP contribution is -2.11. The fraction of sp³-hybridized carbons (Fsp3) is 0.200. The van der Waals surface area contributed by atoms with E-state index in [1.807, 2.05) is 38.1 Å². The van der Waals surface area contributed by atoms with Crippen molar-refractivity contribution in [2.75, 3.05) is 0 Å². The molecule has 7 heteroatoms. The van der Waals surface area contributed by atoms with E-state index in [1.165, 1.54) is 24.3 Å². The molecule has 2 aromatic heterocycles. The van der Waals surface area contributed by atoms with Crippen LogP contribution in [0.2, 0.25) is 0 Å². The number of hydrogen-bond donors (Lipinski definition) is 0. The lowest BCUT2D eigenvalue weighted by molar-refractivity contribution is -0.127. The monoisotopic (exact) mass is 506 g/mol. The van der Waals surface area contributed by atoms with Crippen LogP contribution in [0.15, 0.2) is 72.8 Å². The zero-order valence-electron chi connectivity index (χ0n) is 20.4. The topological polar surface area (TPSA) is 25.8 Å². The molecule has 0 saturated heterocycles. The van der Waals surface area contributed by atoms with Crippen molar-refractivity contribution in [3.8, 4) is 22.3 Å². The highest BCUT2D eigenvalue weighted by Gasteiger charge is 2.27. The van der Waals surface area contributed by atoms with Crippen LogP contribution in [0.5, 0.6) is 0 Å². The van der Waals surface area contributed by atoms with Crippen LogP contribution in [0.4, 0.5) is 22.0 Å². The Morgan fingerprint density at radius 2 is 1.05 bits per heavy atom. The quantitative estimate of drug-likeness (QED) is 0.180. The van der Waals surface area contributed by atoms with Crippen molar-refractivity contribution in [3.05, 3.63) is 95.3 Å². The number of pyridine rings is 2. The number of alkyl halides is 5. The molecule has 0 saturated carbocycles. The first kappa shape index (κ1) is 24.8. The van der Waals surface area contributed by atoms with Crippen molar-refractivity contribution >= 4 is 21.8 Å². The Balaban J connectivity index is 1.67. The summed E-state index contributed by atoms with van der Waals surface area (Å²) in [5, 5.41) is 1.66. The first-order valence-corrected chi connectivity index (χ1v) is 11.8. The van der Waals surface area contributed by atoms with Gasteiger partial charge in [-0.25, -0.2) is 8.78 Å². The van der Waals surface area contributed by atoms with E-state index in [4.69, 9.17) is 9.97 Å². The molecule has 0 aliphatic heterocycles. The fourth-order valence-electron chi connectivity index (χ4n) is 4.68. The van der Waals surface area contributed by atoms with Gasteiger partial charge in [0.05, 0.1) is 17.5 Å². The Morgan fingerprint density at radius 1 is 0.622 bits per heavy atom. The number of aryl methyl sites for hydroxylation is 2. The molecule has 5 aromatic rings. The van der Waals surface area contributed by atoms with Crippen LogP contribution in [0.25, 0.3) is 44.1 Å². The van der Waals surface area contributed by atoms with Crippen molar-refractivity contribution < 1.29 is 22.0 Å². The van der Waals surface area contributed by atoms with Gasteiger partial charge in [0.1, 0.15) is 0 Å². The van der Waals surface area contributed by atoms with Gasteiger partial charge in [-0.3, -0.25) is 9.97 Å². The first-order valence-electron chi connectivity index (χ1n) is 11.8. The Hall–Kier alpha value is -3.87. The highest BCUT2D eigenvalue weighted by atomic mass is 19.4. The average molecular weight is 507 g/mol. The standard InChI is InChI=1S/C30H23F5N2/c1-17-14-25(20-6-4-19(5-7-20)16-30(33,34)35)23-12-13-24-26(15-18(2)37-28(24)27(23)36-17)21-8-10-22(11-9-21)29(3,31)32/h4-15H,16H2,1-3H3. The summed E-state index contributed by atoms with van der Waals surface area (Å²) in [6.07, 6.45) is -5.24. The second kappa shape index (κ2) is 8.91. The highest BCUT2D eigenvalue weighted by Crippen LogP contribution is 2.37. The van der Waals surface area contributed by atoms with E-state index in [9.17, 15) is 22.0 Å². The summed E-state index contributed by atoms with van der Waals surface area (Å²) in [6.45, 7) is 4.60. The maximum absolute atomic E-state index is 13.7. The zero-order valence-corrected chi connectivity index (χ0v) is 20.4. The molecule has 0 unspecified atom stereocenters. The normalized spacial score (nSPS) is 12.4. The van der Waals surface area contributed by atoms with Gasteiger partial charge in [0.15, 0.2) is 0 Å². The predicted octanol–water partition coefficient (Wildman–Crippen LogP) is 8.95. The summed E-state index contributed by atoms with van der Waals surface area (Å²) in [6, 6.07) is 20.3. The SMILES string of the molecule is Cc1cc(-c2ccc(CC(F)(F)F)cc2)c2ccc3c(-c4ccc(C(C)(F)F)cc4)cc(C)nc3c2n1. The van der Waals surface area contributed by atoms with Gasteiger partial charge in [0, 0.05) is 34.6 Å². The summed E-state index contributed by atoms with van der Waals surface area (Å²) < 4.78 is 65.8. The van der Waals surface area contributed by atoms with Gasteiger partial charge in [-0.05, 0) is 53.8 Å². The number of fused-ring (bicyclic) bond motifs is 3. The summed E-state index contributed by atoms with van der Waals surface area (Å²) in [7, 11) is 0. The lowest BCUT2D eigenvalue weighted by atomic mass is 9.94. The summed E-state index contributed by atoms with van der Waals surface area (Å²) >= 11 is 0. The van der Waals surface area contributed by atoms with Crippen molar-refractivity contribution in [2.24, 2.45) is 0 Å². The maximum Gasteiger partial charge on any atom is 0.393 e. The van der Waals surface area contributed by atoms with Crippen LogP contribution >= 0.6 is 0 Å². The number of benzene rings is 3. The van der Waals surface area contributed by atoms with E-state index >= 15 is 0 Å². The second-order valence-corrected chi connectivity index (χ2v) is 9.43. The van der Waals surface area contributed by atoms with Gasteiger partial charge in [-0.15, -0.1) is 0 Å². The molecular formula is C30H23F5N2. The maximum atomic E-state index is 13.7. The number of nitrogens with zero attached hydrogens (tertiary/aromatic N) is 2. The Morgan fingerprint density at radius 3 is 1.46 bits per heavy atom. The summed E-state index contributed by atoms with van der Waals surface area (Å²) in [4.78, 5) is 9.54. The molecule has 0 spiro atoms. The highest BCUT2D eigenvalue weighted by molar-refractivity contribution is 6.12. The molecule has 3 aromatic carbocycles. The molecule has 2 heterocycles. The van der Waals surface area contributed by atoms with Crippen LogP contribution < -0.4 is 0 Å². The van der Waals surface area contributed by atoms with Gasteiger partial charge in [0.2, 0.25) is 0 Å². The Kier molecular flexibility index (Phi) is 5.97. The summed E-state index contributed by atoms with van der Waals surface area (Å²) in [5.74, 6) is -2.92. The molecule has 0 bridgehead atoms. The van der Waals surface area contributed by atoms with E-state index in [-0.39, 0.29) is 11.1 Å². The Labute approximate surface area is 210 Å². The van der Waals surface area contributed by atoms with E-state index in [1.54, 1.807) is 24.3 Å². The lowest BCUT2D eigenvalue weighted by Gasteiger charge is -2.15. The van der Waals surface area contributed by atoms with Crippen LogP contribution in [0, 0.1) is 13.8 Å². The van der Waals surface area contributed by atoms with Crippen LogP contribution in [-0.4, -0.2) is 16.1 Å². The van der Waals surface area contributed by atoms with E-state index in [0.717, 1.165) is 51.3 Å². The zero-order chi connectivity index (χ0) is 26.5. The molecular weight excluding hydrogens is 483 g/mol. The number of halogens is 5. The van der Waals surface area contributed by atoms with Gasteiger partial charge in [-0.2, -0.15) is 13.2 Å². The minimum absolute atomic E-state index is 0.0556. The molecule has 0 aliphatic rings. The molecule has 2 nitrogen and oxygen atoms in total. The smallest absolute Gasteiger partial charge is 0.251 e. The first-order chi connectivity index (χ1) is 17.4. The molecule has 5 rings (SSSR count). The van der Waals surface area contributed by atoms with E-state index < -0.39 is 18.5 Å². The molecule has 37 heavy (non-hydrogen) atoms. The van der Waals surface area contributed by atoms with Gasteiger partial charge in [-0.1, -0.05) is 60.7 Å². The fourth-order valence-corrected chi connectivity index (χ4v) is 4.68. The van der Waals surface area contributed by atoms with Gasteiger partial charge in [0.25, 0.3) is 5.92 Å². The molecule has 0 N–H and O–H groups in total. The van der Waals surface area contributed by atoms with Gasteiger partial charge >= 0.3 is 6.18 Å². The van der Waals surface area contributed by atoms with Crippen LogP contribution in [0.3, 0.4) is 0 Å². The van der Waals surface area contributed by atoms with Crippen LogP contribution in [0.1, 0.15) is 29.4 Å². The Bertz CT molecular complexity index is 1610. The molecule has 188 valence electrons. The predicted molar refractivity (Wildman–Crippen MR) is 137 cm³/mol. The molecule has 0 aliphatic carbocycles. The summed E-state index contributed by atoms with van der Waals surface area (Å²) in [5.41, 5.74) is 6.27. The average Bonchev–Trinajstić information content (AvgIpc) is 2.82. The minimum Gasteiger partial charge on any atom is -0.251 e. The van der Waals surface area contributed by atoms with Crippen molar-refractivity contribution in [1.82, 2.24) is 9.97 Å². The van der Waals surface area contributed by atoms with Crippen molar-refractivity contribution in [3.63, 3.8) is 0 Å². The third-order valence-electron chi connectivity index (χ3n) is 6.39. The van der Waals surface area contributed by atoms with E-state index in [2.05, 4.69) is 0 Å². The van der Waals surface area contributed by atoms with Crippen molar-refractivity contribution in [2.45, 2.75) is 39.3 Å². The minimum atomic E-state index is -4.26. The number of aromatic nitrogens is 2.